The van der Waals surface area contributed by atoms with Gasteiger partial charge < -0.3 is 14.7 Å². The number of rotatable bonds is 4. The van der Waals surface area contributed by atoms with Crippen LogP contribution in [0.4, 0.5) is 0 Å². The maximum Gasteiger partial charge on any atom is 0.329 e. The summed E-state index contributed by atoms with van der Waals surface area (Å²) in [5.74, 6) is -1.10. The van der Waals surface area contributed by atoms with Gasteiger partial charge in [-0.1, -0.05) is 11.6 Å². The molecule has 0 radical (unpaired) electrons. The Labute approximate surface area is 113 Å². The SMILES string of the molecule is CC1(OCC(=O)O)CN(C(=O)c2ccc(Cl)s2)C1. The average Bonchev–Trinajstić information content (AvgIpc) is 2.68. The zero-order chi connectivity index (χ0) is 13.3. The van der Waals surface area contributed by atoms with Crippen molar-refractivity contribution in [3.05, 3.63) is 21.3 Å². The third-order valence-electron chi connectivity index (χ3n) is 2.67. The first-order valence-corrected chi connectivity index (χ1v) is 6.49. The molecule has 2 heterocycles. The second-order valence-corrected chi connectivity index (χ2v) is 6.11. The van der Waals surface area contributed by atoms with Crippen LogP contribution in [0.25, 0.3) is 0 Å². The molecule has 0 aromatic carbocycles. The number of halogens is 1. The number of carbonyl (C=O) groups excluding carboxylic acids is 1. The van der Waals surface area contributed by atoms with Crippen molar-refractivity contribution in [2.45, 2.75) is 12.5 Å². The van der Waals surface area contributed by atoms with E-state index in [9.17, 15) is 9.59 Å². The minimum atomic E-state index is -1.01. The van der Waals surface area contributed by atoms with Crippen LogP contribution < -0.4 is 0 Å². The summed E-state index contributed by atoms with van der Waals surface area (Å²) in [7, 11) is 0. The third-order valence-corrected chi connectivity index (χ3v) is 3.89. The Hall–Kier alpha value is -1.11. The molecule has 0 aliphatic carbocycles. The lowest BCUT2D eigenvalue weighted by atomic mass is 9.96. The zero-order valence-electron chi connectivity index (χ0n) is 9.68. The molecule has 18 heavy (non-hydrogen) atoms. The van der Waals surface area contributed by atoms with Gasteiger partial charge in [-0.15, -0.1) is 11.3 Å². The molecular weight excluding hydrogens is 278 g/mol. The van der Waals surface area contributed by atoms with Gasteiger partial charge in [-0.2, -0.15) is 0 Å². The van der Waals surface area contributed by atoms with Gasteiger partial charge in [0.1, 0.15) is 12.2 Å². The molecule has 0 spiro atoms. The molecule has 0 atom stereocenters. The molecule has 1 fully saturated rings. The van der Waals surface area contributed by atoms with Crippen molar-refractivity contribution in [2.24, 2.45) is 0 Å². The molecular formula is C11H12ClNO4S. The van der Waals surface area contributed by atoms with Gasteiger partial charge in [-0.3, -0.25) is 4.79 Å². The molecule has 0 bridgehead atoms. The predicted octanol–water partition coefficient (Wildman–Crippen LogP) is 1.72. The minimum Gasteiger partial charge on any atom is -0.480 e. The van der Waals surface area contributed by atoms with Crippen LogP contribution in [0.1, 0.15) is 16.6 Å². The number of thiophene rings is 1. The molecule has 1 N–H and O–H groups in total. The van der Waals surface area contributed by atoms with Crippen LogP contribution in [0, 0.1) is 0 Å². The Kier molecular flexibility index (Phi) is 3.61. The van der Waals surface area contributed by atoms with E-state index < -0.39 is 11.6 Å². The number of hydrogen-bond acceptors (Lipinski definition) is 4. The standard InChI is InChI=1S/C11H12ClNO4S/c1-11(17-4-9(14)15)5-13(6-11)10(16)7-2-3-8(12)18-7/h2-3H,4-6H2,1H3,(H,14,15). The summed E-state index contributed by atoms with van der Waals surface area (Å²) in [5, 5.41) is 8.53. The van der Waals surface area contributed by atoms with E-state index in [1.54, 1.807) is 24.0 Å². The number of aliphatic carboxylic acids is 1. The highest BCUT2D eigenvalue weighted by atomic mass is 35.5. The topological polar surface area (TPSA) is 66.8 Å². The Morgan fingerprint density at radius 1 is 1.56 bits per heavy atom. The van der Waals surface area contributed by atoms with E-state index in [2.05, 4.69) is 0 Å². The van der Waals surface area contributed by atoms with E-state index in [1.807, 2.05) is 0 Å². The highest BCUT2D eigenvalue weighted by molar-refractivity contribution is 7.17. The van der Waals surface area contributed by atoms with E-state index in [4.69, 9.17) is 21.4 Å². The Morgan fingerprint density at radius 3 is 2.72 bits per heavy atom. The molecule has 1 saturated heterocycles. The van der Waals surface area contributed by atoms with Crippen molar-refractivity contribution in [2.75, 3.05) is 19.7 Å². The number of nitrogens with zero attached hydrogens (tertiary/aromatic N) is 1. The van der Waals surface area contributed by atoms with Gasteiger partial charge in [-0.25, -0.2) is 4.79 Å². The molecule has 2 rings (SSSR count). The van der Waals surface area contributed by atoms with Crippen LogP contribution in [0.2, 0.25) is 4.34 Å². The number of hydrogen-bond donors (Lipinski definition) is 1. The first kappa shape index (κ1) is 13.3. The third kappa shape index (κ3) is 2.82. The first-order chi connectivity index (χ1) is 8.39. The van der Waals surface area contributed by atoms with Crippen LogP contribution in [0.3, 0.4) is 0 Å². The molecule has 1 aromatic rings. The van der Waals surface area contributed by atoms with Gasteiger partial charge in [0.05, 0.1) is 22.3 Å². The summed E-state index contributed by atoms with van der Waals surface area (Å²) in [6.07, 6.45) is 0. The normalized spacial score (nSPS) is 17.3. The van der Waals surface area contributed by atoms with Crippen LogP contribution in [-0.4, -0.2) is 47.2 Å². The van der Waals surface area contributed by atoms with Crippen LogP contribution >= 0.6 is 22.9 Å². The summed E-state index contributed by atoms with van der Waals surface area (Å²) in [5.41, 5.74) is -0.560. The monoisotopic (exact) mass is 289 g/mol. The van der Waals surface area contributed by atoms with E-state index in [1.165, 1.54) is 11.3 Å². The number of amides is 1. The average molecular weight is 290 g/mol. The van der Waals surface area contributed by atoms with E-state index in [-0.39, 0.29) is 12.5 Å². The zero-order valence-corrected chi connectivity index (χ0v) is 11.3. The van der Waals surface area contributed by atoms with Crippen LogP contribution in [-0.2, 0) is 9.53 Å². The second-order valence-electron chi connectivity index (χ2n) is 4.40. The van der Waals surface area contributed by atoms with Crippen molar-refractivity contribution in [3.8, 4) is 0 Å². The van der Waals surface area contributed by atoms with Gasteiger partial charge in [-0.05, 0) is 19.1 Å². The lowest BCUT2D eigenvalue weighted by molar-refractivity contribution is -0.159. The van der Waals surface area contributed by atoms with Gasteiger partial charge in [0.25, 0.3) is 5.91 Å². The maximum atomic E-state index is 12.0. The highest BCUT2D eigenvalue weighted by Gasteiger charge is 2.43. The Balaban J connectivity index is 1.88. The lowest BCUT2D eigenvalue weighted by Gasteiger charge is -2.47. The maximum absolute atomic E-state index is 12.0. The van der Waals surface area contributed by atoms with Gasteiger partial charge in [0.2, 0.25) is 0 Å². The molecule has 7 heteroatoms. The highest BCUT2D eigenvalue weighted by Crippen LogP contribution is 2.29. The summed E-state index contributed by atoms with van der Waals surface area (Å²) in [4.78, 5) is 24.6. The fourth-order valence-corrected chi connectivity index (χ4v) is 2.83. The number of likely N-dealkylation sites (tertiary alicyclic amines) is 1. The van der Waals surface area contributed by atoms with Crippen LogP contribution in [0.15, 0.2) is 12.1 Å². The fraction of sp³-hybridized carbons (Fsp3) is 0.455. The fourth-order valence-electron chi connectivity index (χ4n) is 1.82. The number of carbonyl (C=O) groups is 2. The van der Waals surface area contributed by atoms with E-state index >= 15 is 0 Å². The van der Waals surface area contributed by atoms with Gasteiger partial charge >= 0.3 is 5.97 Å². The van der Waals surface area contributed by atoms with Crippen molar-refractivity contribution in [1.29, 1.82) is 0 Å². The van der Waals surface area contributed by atoms with Crippen LogP contribution in [0.5, 0.6) is 0 Å². The molecule has 98 valence electrons. The number of carboxylic acids is 1. The molecule has 1 aromatic heterocycles. The predicted molar refractivity (Wildman–Crippen MR) is 67.2 cm³/mol. The molecule has 5 nitrogen and oxygen atoms in total. The molecule has 1 aliphatic rings. The molecule has 0 unspecified atom stereocenters. The Morgan fingerprint density at radius 2 is 2.22 bits per heavy atom. The number of ether oxygens (including phenoxy) is 1. The molecule has 1 aliphatic heterocycles. The first-order valence-electron chi connectivity index (χ1n) is 5.30. The second kappa shape index (κ2) is 4.87. The molecule has 0 saturated carbocycles. The molecule has 1 amide bonds. The van der Waals surface area contributed by atoms with Crippen molar-refractivity contribution >= 4 is 34.8 Å². The van der Waals surface area contributed by atoms with Gasteiger partial charge in [0.15, 0.2) is 0 Å². The summed E-state index contributed by atoms with van der Waals surface area (Å²) in [6.45, 7) is 2.24. The quantitative estimate of drug-likeness (QED) is 0.916. The van der Waals surface area contributed by atoms with E-state index in [0.29, 0.717) is 22.3 Å². The van der Waals surface area contributed by atoms with Crippen molar-refractivity contribution < 1.29 is 19.4 Å². The van der Waals surface area contributed by atoms with Crippen molar-refractivity contribution in [1.82, 2.24) is 4.90 Å². The Bertz CT molecular complexity index is 481. The summed E-state index contributed by atoms with van der Waals surface area (Å²) < 4.78 is 5.81. The minimum absolute atomic E-state index is 0.0942. The largest absolute Gasteiger partial charge is 0.480 e. The summed E-state index contributed by atoms with van der Waals surface area (Å²) in [6, 6.07) is 3.36. The smallest absolute Gasteiger partial charge is 0.329 e. The van der Waals surface area contributed by atoms with E-state index in [0.717, 1.165) is 0 Å². The number of carboxylic acid groups (broad SMARTS) is 1. The summed E-state index contributed by atoms with van der Waals surface area (Å²) >= 11 is 7.00. The van der Waals surface area contributed by atoms with Gasteiger partial charge in [0, 0.05) is 0 Å². The van der Waals surface area contributed by atoms with Crippen molar-refractivity contribution in [3.63, 3.8) is 0 Å². The lowest BCUT2D eigenvalue weighted by Crippen LogP contribution is -2.63.